The second kappa shape index (κ2) is 13.4. The first-order valence-corrected chi connectivity index (χ1v) is 13.3. The molecule has 0 radical (unpaired) electrons. The standard InChI is InChI=1S/C39H29N/c40-30-39-29-37(24-23-35-17-15-33(16-18-35)13-11-31-7-3-1-4-8-31)26-28-38(39)27-25-36-21-19-34(20-22-36)14-12-32-9-5-2-6-10-32/h1-29H/b13-11+,14-12+,24-23+,27-25+. The third-order valence-corrected chi connectivity index (χ3v) is 6.53. The smallest absolute Gasteiger partial charge is 0.0998 e. The number of benzene rings is 5. The van der Waals surface area contributed by atoms with Gasteiger partial charge < -0.3 is 0 Å². The van der Waals surface area contributed by atoms with Crippen molar-refractivity contribution in [3.05, 3.63) is 177 Å². The topological polar surface area (TPSA) is 23.8 Å². The zero-order chi connectivity index (χ0) is 27.4. The van der Waals surface area contributed by atoms with Crippen LogP contribution in [0.3, 0.4) is 0 Å². The molecule has 0 amide bonds. The molecule has 5 rings (SSSR count). The summed E-state index contributed by atoms with van der Waals surface area (Å²) in [5.74, 6) is 0. The average molecular weight is 512 g/mol. The van der Waals surface area contributed by atoms with Gasteiger partial charge in [-0.2, -0.15) is 5.26 Å². The molecule has 1 nitrogen and oxygen atoms in total. The van der Waals surface area contributed by atoms with E-state index >= 15 is 0 Å². The normalized spacial score (nSPS) is 11.6. The first-order valence-electron chi connectivity index (χ1n) is 13.3. The first kappa shape index (κ1) is 26.2. The van der Waals surface area contributed by atoms with Crippen LogP contribution in [0.2, 0.25) is 0 Å². The Morgan fingerprint density at radius 1 is 0.350 bits per heavy atom. The number of nitrogens with zero attached hydrogens (tertiary/aromatic N) is 1. The van der Waals surface area contributed by atoms with Gasteiger partial charge >= 0.3 is 0 Å². The lowest BCUT2D eigenvalue weighted by molar-refractivity contribution is 1.46. The Morgan fingerprint density at radius 2 is 0.675 bits per heavy atom. The molecule has 1 heteroatoms. The number of hydrogen-bond acceptors (Lipinski definition) is 1. The van der Waals surface area contributed by atoms with E-state index in [2.05, 4.69) is 109 Å². The molecule has 0 spiro atoms. The lowest BCUT2D eigenvalue weighted by Gasteiger charge is -2.02. The SMILES string of the molecule is N#Cc1cc(/C=C/c2ccc(/C=C/c3ccccc3)cc2)ccc1/C=C/c1ccc(/C=C/c2ccccc2)cc1. The average Bonchev–Trinajstić information content (AvgIpc) is 3.03. The summed E-state index contributed by atoms with van der Waals surface area (Å²) in [7, 11) is 0. The summed E-state index contributed by atoms with van der Waals surface area (Å²) in [6.45, 7) is 0. The molecule has 5 aromatic rings. The minimum Gasteiger partial charge on any atom is -0.192 e. The van der Waals surface area contributed by atoms with E-state index in [1.165, 1.54) is 11.1 Å². The van der Waals surface area contributed by atoms with Gasteiger partial charge in [-0.15, -0.1) is 0 Å². The van der Waals surface area contributed by atoms with E-state index < -0.39 is 0 Å². The molecule has 0 unspecified atom stereocenters. The van der Waals surface area contributed by atoms with Crippen molar-refractivity contribution in [1.29, 1.82) is 5.26 Å². The van der Waals surface area contributed by atoms with Gasteiger partial charge in [-0.25, -0.2) is 0 Å². The fourth-order valence-electron chi connectivity index (χ4n) is 4.25. The van der Waals surface area contributed by atoms with Crippen LogP contribution in [0.1, 0.15) is 50.1 Å². The third kappa shape index (κ3) is 7.54. The molecule has 0 atom stereocenters. The van der Waals surface area contributed by atoms with Crippen molar-refractivity contribution in [3.8, 4) is 6.07 Å². The molecule has 0 N–H and O–H groups in total. The van der Waals surface area contributed by atoms with Crippen LogP contribution in [-0.4, -0.2) is 0 Å². The van der Waals surface area contributed by atoms with Crippen molar-refractivity contribution in [1.82, 2.24) is 0 Å². The molecule has 0 saturated carbocycles. The summed E-state index contributed by atoms with van der Waals surface area (Å²) in [6.07, 6.45) is 16.6. The molecule has 0 aliphatic heterocycles. The zero-order valence-electron chi connectivity index (χ0n) is 22.2. The third-order valence-electron chi connectivity index (χ3n) is 6.53. The van der Waals surface area contributed by atoms with Gasteiger partial charge in [0.15, 0.2) is 0 Å². The fraction of sp³-hybridized carbons (Fsp3) is 0. The summed E-state index contributed by atoms with van der Waals surface area (Å²) >= 11 is 0. The van der Waals surface area contributed by atoms with E-state index in [1.807, 2.05) is 72.8 Å². The Morgan fingerprint density at radius 3 is 1.07 bits per heavy atom. The molecule has 5 aromatic carbocycles. The highest BCUT2D eigenvalue weighted by atomic mass is 14.2. The summed E-state index contributed by atoms with van der Waals surface area (Å²) in [6, 6.07) is 45.7. The maximum absolute atomic E-state index is 9.76. The highest BCUT2D eigenvalue weighted by Gasteiger charge is 2.00. The summed E-state index contributed by atoms with van der Waals surface area (Å²) in [5.41, 5.74) is 9.42. The maximum Gasteiger partial charge on any atom is 0.0998 e. The fourth-order valence-corrected chi connectivity index (χ4v) is 4.25. The summed E-state index contributed by atoms with van der Waals surface area (Å²) in [4.78, 5) is 0. The van der Waals surface area contributed by atoms with Crippen LogP contribution < -0.4 is 0 Å². The number of nitriles is 1. The van der Waals surface area contributed by atoms with Crippen molar-refractivity contribution in [2.24, 2.45) is 0 Å². The number of hydrogen-bond donors (Lipinski definition) is 0. The second-order valence-electron chi connectivity index (χ2n) is 9.45. The van der Waals surface area contributed by atoms with Crippen LogP contribution in [0.25, 0.3) is 48.6 Å². The Labute approximate surface area is 237 Å². The molecule has 0 aromatic heterocycles. The van der Waals surface area contributed by atoms with Crippen molar-refractivity contribution < 1.29 is 0 Å². The Bertz CT molecular complexity index is 1690. The zero-order valence-corrected chi connectivity index (χ0v) is 22.2. The quantitative estimate of drug-likeness (QED) is 0.190. The number of rotatable bonds is 8. The largest absolute Gasteiger partial charge is 0.192 e. The predicted molar refractivity (Wildman–Crippen MR) is 173 cm³/mol. The molecule has 0 heterocycles. The van der Waals surface area contributed by atoms with Crippen molar-refractivity contribution >= 4 is 48.6 Å². The van der Waals surface area contributed by atoms with Gasteiger partial charge in [0.05, 0.1) is 11.6 Å². The molecule has 0 aliphatic carbocycles. The monoisotopic (exact) mass is 511 g/mol. The van der Waals surface area contributed by atoms with Crippen LogP contribution in [-0.2, 0) is 0 Å². The van der Waals surface area contributed by atoms with Gasteiger partial charge in [0.25, 0.3) is 0 Å². The first-order chi connectivity index (χ1) is 19.7. The highest BCUT2D eigenvalue weighted by molar-refractivity contribution is 5.77. The van der Waals surface area contributed by atoms with Crippen molar-refractivity contribution in [3.63, 3.8) is 0 Å². The highest BCUT2D eigenvalue weighted by Crippen LogP contribution is 2.19. The van der Waals surface area contributed by atoms with Gasteiger partial charge in [0, 0.05) is 0 Å². The molecule has 0 fully saturated rings. The predicted octanol–water partition coefficient (Wildman–Crippen LogP) is 10.2. The van der Waals surface area contributed by atoms with Crippen LogP contribution in [0.4, 0.5) is 0 Å². The molecule has 40 heavy (non-hydrogen) atoms. The summed E-state index contributed by atoms with van der Waals surface area (Å²) in [5, 5.41) is 9.76. The second-order valence-corrected chi connectivity index (χ2v) is 9.45. The van der Waals surface area contributed by atoms with Crippen LogP contribution in [0.5, 0.6) is 0 Å². The van der Waals surface area contributed by atoms with E-state index in [4.69, 9.17) is 0 Å². The van der Waals surface area contributed by atoms with Gasteiger partial charge in [0.1, 0.15) is 0 Å². The van der Waals surface area contributed by atoms with E-state index in [9.17, 15) is 5.26 Å². The maximum atomic E-state index is 9.76. The molecular weight excluding hydrogens is 482 g/mol. The molecule has 0 aliphatic rings. The van der Waals surface area contributed by atoms with Gasteiger partial charge in [0.2, 0.25) is 0 Å². The molecule has 0 bridgehead atoms. The van der Waals surface area contributed by atoms with Crippen molar-refractivity contribution in [2.45, 2.75) is 0 Å². The van der Waals surface area contributed by atoms with E-state index in [-0.39, 0.29) is 0 Å². The minimum atomic E-state index is 0.655. The van der Waals surface area contributed by atoms with Crippen LogP contribution >= 0.6 is 0 Å². The Hall–Kier alpha value is -5.45. The summed E-state index contributed by atoms with van der Waals surface area (Å²) < 4.78 is 0. The van der Waals surface area contributed by atoms with E-state index in [0.717, 1.165) is 33.4 Å². The van der Waals surface area contributed by atoms with Crippen molar-refractivity contribution in [2.75, 3.05) is 0 Å². The van der Waals surface area contributed by atoms with Crippen LogP contribution in [0.15, 0.2) is 127 Å². The minimum absolute atomic E-state index is 0.655. The lowest BCUT2D eigenvalue weighted by Crippen LogP contribution is -1.84. The Kier molecular flexibility index (Phi) is 8.75. The van der Waals surface area contributed by atoms with E-state index in [0.29, 0.717) is 5.56 Å². The van der Waals surface area contributed by atoms with Gasteiger partial charge in [-0.05, 0) is 50.6 Å². The van der Waals surface area contributed by atoms with Gasteiger partial charge in [-0.1, -0.05) is 170 Å². The molecule has 0 saturated heterocycles. The molecular formula is C39H29N. The Balaban J connectivity index is 1.21. The van der Waals surface area contributed by atoms with Crippen LogP contribution in [0, 0.1) is 11.3 Å². The lowest BCUT2D eigenvalue weighted by atomic mass is 10.0. The molecule has 190 valence electrons. The van der Waals surface area contributed by atoms with Gasteiger partial charge in [-0.3, -0.25) is 0 Å². The van der Waals surface area contributed by atoms with E-state index in [1.54, 1.807) is 0 Å².